The zero-order valence-corrected chi connectivity index (χ0v) is 14.6. The van der Waals surface area contributed by atoms with Gasteiger partial charge in [0, 0.05) is 22.0 Å². The normalized spacial score (nSPS) is 10.2. The van der Waals surface area contributed by atoms with Crippen LogP contribution in [0.5, 0.6) is 0 Å². The van der Waals surface area contributed by atoms with E-state index in [4.69, 9.17) is 10.3 Å². The molecular weight excluding hydrogens is 328 g/mol. The third-order valence-corrected chi connectivity index (χ3v) is 4.06. The predicted octanol–water partition coefficient (Wildman–Crippen LogP) is 5.57. The van der Waals surface area contributed by atoms with Crippen molar-refractivity contribution in [3.8, 4) is 16.9 Å². The van der Waals surface area contributed by atoms with Crippen LogP contribution in [-0.2, 0) is 4.74 Å². The molecule has 0 saturated heterocycles. The molecule has 6 nitrogen and oxygen atoms in total. The summed E-state index contributed by atoms with van der Waals surface area (Å²) in [6.45, 7) is 3.97. The summed E-state index contributed by atoms with van der Waals surface area (Å²) in [4.78, 5) is 15.2. The molecule has 1 heterocycles. The minimum atomic E-state index is -0.355. The van der Waals surface area contributed by atoms with Crippen LogP contribution in [0.3, 0.4) is 0 Å². The van der Waals surface area contributed by atoms with E-state index in [-0.39, 0.29) is 5.97 Å². The number of azide groups is 1. The molecule has 0 aliphatic carbocycles. The molecule has 0 amide bonds. The van der Waals surface area contributed by atoms with E-state index in [1.807, 2.05) is 60.0 Å². The molecule has 6 heteroatoms. The number of esters is 1. The maximum absolute atomic E-state index is 12.4. The molecule has 0 unspecified atom stereocenters. The van der Waals surface area contributed by atoms with E-state index >= 15 is 0 Å². The van der Waals surface area contributed by atoms with E-state index in [0.717, 1.165) is 22.6 Å². The van der Waals surface area contributed by atoms with Crippen LogP contribution in [0, 0.1) is 6.92 Å². The first-order valence-corrected chi connectivity index (χ1v) is 8.26. The van der Waals surface area contributed by atoms with Crippen LogP contribution in [-0.4, -0.2) is 17.1 Å². The number of benzene rings is 2. The van der Waals surface area contributed by atoms with Crippen molar-refractivity contribution in [1.82, 2.24) is 4.57 Å². The Morgan fingerprint density at radius 3 is 2.62 bits per heavy atom. The van der Waals surface area contributed by atoms with E-state index in [0.29, 0.717) is 17.9 Å². The van der Waals surface area contributed by atoms with Crippen molar-refractivity contribution in [2.45, 2.75) is 13.8 Å². The SMILES string of the molecule is CCOC(=O)c1cc(-c2ccccc2)n(-c2cccc(N=[N+]=[N-])c2)c1C. The fourth-order valence-corrected chi connectivity index (χ4v) is 2.92. The lowest BCUT2D eigenvalue weighted by Crippen LogP contribution is -2.06. The summed E-state index contributed by atoms with van der Waals surface area (Å²) in [6, 6.07) is 18.9. The van der Waals surface area contributed by atoms with Crippen molar-refractivity contribution in [3.05, 3.63) is 82.4 Å². The Morgan fingerprint density at radius 2 is 1.92 bits per heavy atom. The fraction of sp³-hybridized carbons (Fsp3) is 0.150. The highest BCUT2D eigenvalue weighted by Gasteiger charge is 2.20. The van der Waals surface area contributed by atoms with Gasteiger partial charge in [-0.2, -0.15) is 0 Å². The van der Waals surface area contributed by atoms with Crippen LogP contribution >= 0.6 is 0 Å². The lowest BCUT2D eigenvalue weighted by Gasteiger charge is -2.13. The average Bonchev–Trinajstić information content (AvgIpc) is 3.00. The van der Waals surface area contributed by atoms with Crippen LogP contribution < -0.4 is 0 Å². The topological polar surface area (TPSA) is 80.0 Å². The van der Waals surface area contributed by atoms with Crippen molar-refractivity contribution in [3.63, 3.8) is 0 Å². The van der Waals surface area contributed by atoms with E-state index < -0.39 is 0 Å². The standard InChI is InChI=1S/C20H18N4O2/c1-3-26-20(25)18-13-19(15-8-5-4-6-9-15)24(14(18)2)17-11-7-10-16(12-17)22-23-21/h4-13H,3H2,1-2H3. The summed E-state index contributed by atoms with van der Waals surface area (Å²) in [5, 5.41) is 3.67. The van der Waals surface area contributed by atoms with Crippen LogP contribution in [0.1, 0.15) is 23.0 Å². The van der Waals surface area contributed by atoms with Crippen molar-refractivity contribution in [2.24, 2.45) is 5.11 Å². The number of hydrogen-bond donors (Lipinski definition) is 0. The third-order valence-electron chi connectivity index (χ3n) is 4.06. The zero-order chi connectivity index (χ0) is 18.5. The molecule has 0 aliphatic rings. The van der Waals surface area contributed by atoms with Crippen molar-refractivity contribution < 1.29 is 9.53 Å². The molecule has 0 aliphatic heterocycles. The van der Waals surface area contributed by atoms with Gasteiger partial charge in [0.1, 0.15) is 0 Å². The van der Waals surface area contributed by atoms with Crippen LogP contribution in [0.15, 0.2) is 65.8 Å². The maximum atomic E-state index is 12.4. The van der Waals surface area contributed by atoms with Gasteiger partial charge in [-0.1, -0.05) is 47.6 Å². The second kappa shape index (κ2) is 7.59. The zero-order valence-electron chi connectivity index (χ0n) is 14.6. The summed E-state index contributed by atoms with van der Waals surface area (Å²) in [7, 11) is 0. The predicted molar refractivity (Wildman–Crippen MR) is 101 cm³/mol. The van der Waals surface area contributed by atoms with Gasteiger partial charge in [0.25, 0.3) is 0 Å². The molecule has 130 valence electrons. The van der Waals surface area contributed by atoms with Crippen molar-refractivity contribution in [2.75, 3.05) is 6.61 Å². The number of rotatable bonds is 5. The van der Waals surface area contributed by atoms with Gasteiger partial charge in [-0.15, -0.1) is 0 Å². The largest absolute Gasteiger partial charge is 0.462 e. The van der Waals surface area contributed by atoms with Gasteiger partial charge in [0.05, 0.1) is 17.9 Å². The Morgan fingerprint density at radius 1 is 1.15 bits per heavy atom. The van der Waals surface area contributed by atoms with Crippen molar-refractivity contribution in [1.29, 1.82) is 0 Å². The fourth-order valence-electron chi connectivity index (χ4n) is 2.92. The Kier molecular flexibility index (Phi) is 5.06. The smallest absolute Gasteiger partial charge is 0.339 e. The van der Waals surface area contributed by atoms with E-state index in [9.17, 15) is 4.79 Å². The quantitative estimate of drug-likeness (QED) is 0.262. The average molecular weight is 346 g/mol. The molecule has 0 fully saturated rings. The highest BCUT2D eigenvalue weighted by molar-refractivity contribution is 5.93. The van der Waals surface area contributed by atoms with Gasteiger partial charge >= 0.3 is 5.97 Å². The number of nitrogens with zero attached hydrogens (tertiary/aromatic N) is 4. The monoisotopic (exact) mass is 346 g/mol. The van der Waals surface area contributed by atoms with Gasteiger partial charge in [0.15, 0.2) is 0 Å². The maximum Gasteiger partial charge on any atom is 0.339 e. The summed E-state index contributed by atoms with van der Waals surface area (Å²) in [5.41, 5.74) is 13.1. The molecule has 26 heavy (non-hydrogen) atoms. The second-order valence-corrected chi connectivity index (χ2v) is 5.66. The Bertz CT molecular complexity index is 986. The molecule has 0 N–H and O–H groups in total. The Labute approximate surface area is 151 Å². The Balaban J connectivity index is 2.24. The van der Waals surface area contributed by atoms with Crippen LogP contribution in [0.25, 0.3) is 27.4 Å². The summed E-state index contributed by atoms with van der Waals surface area (Å²) >= 11 is 0. The molecule has 0 radical (unpaired) electrons. The molecule has 3 rings (SSSR count). The van der Waals surface area contributed by atoms with E-state index in [2.05, 4.69) is 10.0 Å². The number of ether oxygens (including phenoxy) is 1. The van der Waals surface area contributed by atoms with Gasteiger partial charge < -0.3 is 9.30 Å². The molecule has 1 aromatic heterocycles. The minimum Gasteiger partial charge on any atom is -0.462 e. The molecule has 0 saturated carbocycles. The minimum absolute atomic E-state index is 0.316. The molecule has 0 atom stereocenters. The Hall–Kier alpha value is -3.50. The number of aromatic nitrogens is 1. The summed E-state index contributed by atoms with van der Waals surface area (Å²) in [5.74, 6) is -0.355. The number of hydrogen-bond acceptors (Lipinski definition) is 3. The number of carbonyl (C=O) groups is 1. The molecule has 0 spiro atoms. The van der Waals surface area contributed by atoms with Gasteiger partial charge in [-0.25, -0.2) is 4.79 Å². The first-order chi connectivity index (χ1) is 12.7. The molecular formula is C20H18N4O2. The highest BCUT2D eigenvalue weighted by atomic mass is 16.5. The summed E-state index contributed by atoms with van der Waals surface area (Å²) < 4.78 is 7.16. The summed E-state index contributed by atoms with van der Waals surface area (Å²) in [6.07, 6.45) is 0. The first kappa shape index (κ1) is 17.3. The molecule has 3 aromatic rings. The molecule has 0 bridgehead atoms. The highest BCUT2D eigenvalue weighted by Crippen LogP contribution is 2.31. The van der Waals surface area contributed by atoms with Crippen LogP contribution in [0.2, 0.25) is 0 Å². The van der Waals surface area contributed by atoms with Gasteiger partial charge in [-0.3, -0.25) is 0 Å². The van der Waals surface area contributed by atoms with Crippen molar-refractivity contribution >= 4 is 11.7 Å². The van der Waals surface area contributed by atoms with Crippen LogP contribution in [0.4, 0.5) is 5.69 Å². The third kappa shape index (κ3) is 3.31. The van der Waals surface area contributed by atoms with E-state index in [1.165, 1.54) is 0 Å². The van der Waals surface area contributed by atoms with Gasteiger partial charge in [-0.05, 0) is 43.1 Å². The van der Waals surface area contributed by atoms with E-state index in [1.54, 1.807) is 19.1 Å². The number of carbonyl (C=O) groups excluding carboxylic acids is 1. The lowest BCUT2D eigenvalue weighted by molar-refractivity contribution is 0.0525. The first-order valence-electron chi connectivity index (χ1n) is 8.26. The lowest BCUT2D eigenvalue weighted by atomic mass is 10.1. The molecule has 2 aromatic carbocycles. The second-order valence-electron chi connectivity index (χ2n) is 5.66. The van der Waals surface area contributed by atoms with Gasteiger partial charge in [0.2, 0.25) is 0 Å².